The number of fused-ring (bicyclic) bond motifs is 1. The molecule has 0 fully saturated rings. The second-order valence-electron chi connectivity index (χ2n) is 6.96. The molecule has 2 atom stereocenters. The quantitative estimate of drug-likeness (QED) is 0.687. The molecule has 0 aliphatic heterocycles. The molecule has 3 nitrogen and oxygen atoms in total. The predicted molar refractivity (Wildman–Crippen MR) is 91.3 cm³/mol. The first-order valence-corrected chi connectivity index (χ1v) is 8.71. The van der Waals surface area contributed by atoms with Crippen LogP contribution in [0.1, 0.15) is 57.1 Å². The number of aliphatic hydroxyl groups excluding tert-OH is 1. The van der Waals surface area contributed by atoms with E-state index >= 15 is 0 Å². The lowest BCUT2D eigenvalue weighted by atomic mass is 9.85. The fourth-order valence-electron chi connectivity index (χ4n) is 3.18. The fraction of sp³-hybridized carbons (Fsp3) is 0.684. The summed E-state index contributed by atoms with van der Waals surface area (Å²) in [5.41, 5.74) is 8.38. The summed E-state index contributed by atoms with van der Waals surface area (Å²) in [6.45, 7) is 5.01. The maximum absolute atomic E-state index is 9.44. The fourth-order valence-corrected chi connectivity index (χ4v) is 3.18. The zero-order valence-corrected chi connectivity index (χ0v) is 14.1. The van der Waals surface area contributed by atoms with Crippen LogP contribution in [0.4, 0.5) is 0 Å². The van der Waals surface area contributed by atoms with E-state index in [0.717, 1.165) is 31.6 Å². The van der Waals surface area contributed by atoms with E-state index in [4.69, 9.17) is 10.5 Å². The Bertz CT molecular complexity index is 471. The van der Waals surface area contributed by atoms with Crippen molar-refractivity contribution in [2.45, 2.75) is 64.3 Å². The van der Waals surface area contributed by atoms with E-state index in [2.05, 4.69) is 25.1 Å². The molecule has 124 valence electrons. The molecule has 0 saturated carbocycles. The third kappa shape index (κ3) is 4.47. The number of rotatable bonds is 9. The molecule has 0 aromatic heterocycles. The van der Waals surface area contributed by atoms with Gasteiger partial charge in [0.15, 0.2) is 0 Å². The molecule has 22 heavy (non-hydrogen) atoms. The van der Waals surface area contributed by atoms with Crippen LogP contribution < -0.4 is 10.5 Å². The van der Waals surface area contributed by atoms with E-state index in [1.54, 1.807) is 0 Å². The topological polar surface area (TPSA) is 55.5 Å². The van der Waals surface area contributed by atoms with Gasteiger partial charge in [-0.05, 0) is 55.4 Å². The van der Waals surface area contributed by atoms with E-state index in [1.165, 1.54) is 36.8 Å². The molecule has 1 aliphatic carbocycles. The van der Waals surface area contributed by atoms with Crippen molar-refractivity contribution in [2.24, 2.45) is 11.7 Å². The zero-order chi connectivity index (χ0) is 16.0. The maximum Gasteiger partial charge on any atom is 0.119 e. The van der Waals surface area contributed by atoms with Gasteiger partial charge in [0, 0.05) is 5.54 Å². The molecule has 3 N–H and O–H groups in total. The summed E-state index contributed by atoms with van der Waals surface area (Å²) in [7, 11) is 0. The largest absolute Gasteiger partial charge is 0.494 e. The third-order valence-electron chi connectivity index (χ3n) is 4.90. The molecule has 0 bridgehead atoms. The van der Waals surface area contributed by atoms with E-state index in [1.807, 2.05) is 6.92 Å². The Morgan fingerprint density at radius 3 is 2.64 bits per heavy atom. The number of ether oxygens (including phenoxy) is 1. The summed E-state index contributed by atoms with van der Waals surface area (Å²) in [6, 6.07) is 6.39. The van der Waals surface area contributed by atoms with E-state index in [9.17, 15) is 5.11 Å². The van der Waals surface area contributed by atoms with Crippen LogP contribution in [0.2, 0.25) is 0 Å². The minimum absolute atomic E-state index is 0.0345. The molecule has 0 heterocycles. The van der Waals surface area contributed by atoms with Crippen molar-refractivity contribution in [2.75, 3.05) is 13.2 Å². The standard InChI is InChI=1S/C19H31NO2/c1-3-4-5-6-7-10-22-18-9-8-15-11-17(12-16(15)13-18)19(2,20)14-21/h8-9,13,17,21H,3-7,10-12,14,20H2,1-2H3. The van der Waals surface area contributed by atoms with Gasteiger partial charge in [-0.1, -0.05) is 38.7 Å². The van der Waals surface area contributed by atoms with Gasteiger partial charge in [0.05, 0.1) is 13.2 Å². The smallest absolute Gasteiger partial charge is 0.119 e. The summed E-state index contributed by atoms with van der Waals surface area (Å²) in [5.74, 6) is 1.29. The average Bonchev–Trinajstić information content (AvgIpc) is 2.95. The minimum Gasteiger partial charge on any atom is -0.494 e. The number of hydrogen-bond donors (Lipinski definition) is 2. The molecule has 1 aromatic rings. The highest BCUT2D eigenvalue weighted by Gasteiger charge is 2.34. The van der Waals surface area contributed by atoms with Gasteiger partial charge in [-0.2, -0.15) is 0 Å². The minimum atomic E-state index is -0.501. The van der Waals surface area contributed by atoms with Crippen LogP contribution in [0, 0.1) is 5.92 Å². The normalized spacial score (nSPS) is 19.7. The molecule has 0 saturated heterocycles. The van der Waals surface area contributed by atoms with Gasteiger partial charge in [-0.3, -0.25) is 0 Å². The number of aliphatic hydroxyl groups is 1. The molecule has 0 amide bonds. The summed E-state index contributed by atoms with van der Waals surface area (Å²) >= 11 is 0. The highest BCUT2D eigenvalue weighted by Crippen LogP contribution is 2.34. The molecule has 3 heteroatoms. The SMILES string of the molecule is CCCCCCCOc1ccc2c(c1)CC(C(C)(N)CO)C2. The van der Waals surface area contributed by atoms with E-state index < -0.39 is 5.54 Å². The van der Waals surface area contributed by atoms with Crippen LogP contribution >= 0.6 is 0 Å². The van der Waals surface area contributed by atoms with Crippen LogP contribution in [0.5, 0.6) is 5.75 Å². The Labute approximate surface area is 134 Å². The first kappa shape index (κ1) is 17.3. The Hall–Kier alpha value is -1.06. The zero-order valence-electron chi connectivity index (χ0n) is 14.1. The van der Waals surface area contributed by atoms with Gasteiger partial charge in [-0.15, -0.1) is 0 Å². The first-order valence-electron chi connectivity index (χ1n) is 8.71. The molecule has 0 radical (unpaired) electrons. The molecule has 1 aliphatic rings. The Morgan fingerprint density at radius 1 is 1.18 bits per heavy atom. The maximum atomic E-state index is 9.44. The lowest BCUT2D eigenvalue weighted by molar-refractivity contribution is 0.158. The number of hydrogen-bond acceptors (Lipinski definition) is 3. The molecule has 2 rings (SSSR count). The summed E-state index contributed by atoms with van der Waals surface area (Å²) in [5, 5.41) is 9.44. The number of benzene rings is 1. The number of unbranched alkanes of at least 4 members (excludes halogenated alkanes) is 4. The summed E-state index contributed by atoms with van der Waals surface area (Å²) in [6.07, 6.45) is 8.19. The third-order valence-corrected chi connectivity index (χ3v) is 4.90. The highest BCUT2D eigenvalue weighted by atomic mass is 16.5. The van der Waals surface area contributed by atoms with Crippen LogP contribution in [0.25, 0.3) is 0 Å². The van der Waals surface area contributed by atoms with E-state index in [-0.39, 0.29) is 6.61 Å². The predicted octanol–water partition coefficient (Wildman–Crippen LogP) is 3.46. The van der Waals surface area contributed by atoms with Crippen molar-refractivity contribution in [3.8, 4) is 5.75 Å². The van der Waals surface area contributed by atoms with Crippen LogP contribution in [-0.2, 0) is 12.8 Å². The van der Waals surface area contributed by atoms with Gasteiger partial charge >= 0.3 is 0 Å². The van der Waals surface area contributed by atoms with E-state index in [0.29, 0.717) is 5.92 Å². The van der Waals surface area contributed by atoms with Crippen molar-refractivity contribution in [3.05, 3.63) is 29.3 Å². The molecule has 0 spiro atoms. The Morgan fingerprint density at radius 2 is 1.91 bits per heavy atom. The molecular formula is C19H31NO2. The van der Waals surface area contributed by atoms with Gasteiger partial charge in [0.25, 0.3) is 0 Å². The summed E-state index contributed by atoms with van der Waals surface area (Å²) < 4.78 is 5.88. The average molecular weight is 305 g/mol. The van der Waals surface area contributed by atoms with Crippen molar-refractivity contribution < 1.29 is 9.84 Å². The molecule has 2 unspecified atom stereocenters. The lowest BCUT2D eigenvalue weighted by Crippen LogP contribution is -2.48. The van der Waals surface area contributed by atoms with Gasteiger partial charge in [0.2, 0.25) is 0 Å². The second kappa shape index (κ2) is 7.98. The number of nitrogens with two attached hydrogens (primary N) is 1. The van der Waals surface area contributed by atoms with Crippen LogP contribution in [-0.4, -0.2) is 23.9 Å². The lowest BCUT2D eigenvalue weighted by Gasteiger charge is -2.28. The second-order valence-corrected chi connectivity index (χ2v) is 6.96. The van der Waals surface area contributed by atoms with Crippen molar-refractivity contribution >= 4 is 0 Å². The highest BCUT2D eigenvalue weighted by molar-refractivity contribution is 5.40. The van der Waals surface area contributed by atoms with Gasteiger partial charge < -0.3 is 15.6 Å². The van der Waals surface area contributed by atoms with Crippen molar-refractivity contribution in [1.82, 2.24) is 0 Å². The Balaban J connectivity index is 1.83. The van der Waals surface area contributed by atoms with Gasteiger partial charge in [-0.25, -0.2) is 0 Å². The summed E-state index contributed by atoms with van der Waals surface area (Å²) in [4.78, 5) is 0. The monoisotopic (exact) mass is 305 g/mol. The van der Waals surface area contributed by atoms with Crippen molar-refractivity contribution in [3.63, 3.8) is 0 Å². The molecular weight excluding hydrogens is 274 g/mol. The first-order chi connectivity index (χ1) is 10.6. The van der Waals surface area contributed by atoms with Crippen LogP contribution in [0.3, 0.4) is 0 Å². The van der Waals surface area contributed by atoms with Crippen molar-refractivity contribution in [1.29, 1.82) is 0 Å². The van der Waals surface area contributed by atoms with Crippen LogP contribution in [0.15, 0.2) is 18.2 Å². The Kier molecular flexibility index (Phi) is 6.27. The van der Waals surface area contributed by atoms with Gasteiger partial charge in [0.1, 0.15) is 5.75 Å². The molecule has 1 aromatic carbocycles.